The standard InChI is InChI=1S/C9H10N2O3/c1-7(10-14-2)8-4-3-5-9(6-8)11(12)13/h3-6,10H,1H2,2H3. The minimum absolute atomic E-state index is 0.0292. The number of rotatable bonds is 4. The number of hydrogen-bond acceptors (Lipinski definition) is 4. The minimum Gasteiger partial charge on any atom is -0.279 e. The van der Waals surface area contributed by atoms with Crippen LogP contribution in [0.15, 0.2) is 30.8 Å². The first-order valence-electron chi connectivity index (χ1n) is 3.88. The molecule has 1 rings (SSSR count). The third kappa shape index (κ3) is 2.30. The molecule has 74 valence electrons. The van der Waals surface area contributed by atoms with Gasteiger partial charge in [0.1, 0.15) is 0 Å². The van der Waals surface area contributed by atoms with Crippen LogP contribution in [0.2, 0.25) is 0 Å². The van der Waals surface area contributed by atoms with Gasteiger partial charge in [0.05, 0.1) is 17.7 Å². The van der Waals surface area contributed by atoms with Crippen LogP contribution in [0.1, 0.15) is 5.56 Å². The number of hydroxylamine groups is 1. The monoisotopic (exact) mass is 194 g/mol. The van der Waals surface area contributed by atoms with Gasteiger partial charge in [-0.15, -0.1) is 0 Å². The van der Waals surface area contributed by atoms with Gasteiger partial charge in [0, 0.05) is 17.7 Å². The molecular weight excluding hydrogens is 184 g/mol. The van der Waals surface area contributed by atoms with E-state index >= 15 is 0 Å². The number of nitro benzene ring substituents is 1. The maximum Gasteiger partial charge on any atom is 0.270 e. The van der Waals surface area contributed by atoms with Crippen LogP contribution in [0.3, 0.4) is 0 Å². The van der Waals surface area contributed by atoms with Crippen LogP contribution >= 0.6 is 0 Å². The van der Waals surface area contributed by atoms with E-state index < -0.39 is 4.92 Å². The number of nitrogens with zero attached hydrogens (tertiary/aromatic N) is 1. The van der Waals surface area contributed by atoms with Crippen LogP contribution < -0.4 is 5.48 Å². The van der Waals surface area contributed by atoms with Crippen LogP contribution in [-0.4, -0.2) is 12.0 Å². The van der Waals surface area contributed by atoms with Gasteiger partial charge in [0.25, 0.3) is 5.69 Å². The van der Waals surface area contributed by atoms with E-state index in [-0.39, 0.29) is 5.69 Å². The average molecular weight is 194 g/mol. The molecule has 0 aliphatic carbocycles. The predicted octanol–water partition coefficient (Wildman–Crippen LogP) is 1.72. The van der Waals surface area contributed by atoms with Crippen molar-refractivity contribution < 1.29 is 9.76 Å². The van der Waals surface area contributed by atoms with Crippen LogP contribution in [0, 0.1) is 10.1 Å². The van der Waals surface area contributed by atoms with Crippen molar-refractivity contribution >= 4 is 11.4 Å². The Hall–Kier alpha value is -1.88. The molecular formula is C9H10N2O3. The summed E-state index contributed by atoms with van der Waals surface area (Å²) in [5, 5.41) is 10.5. The Balaban J connectivity index is 2.93. The summed E-state index contributed by atoms with van der Waals surface area (Å²) in [5.74, 6) is 0. The van der Waals surface area contributed by atoms with E-state index in [9.17, 15) is 10.1 Å². The fourth-order valence-electron chi connectivity index (χ4n) is 0.989. The van der Waals surface area contributed by atoms with Gasteiger partial charge in [-0.25, -0.2) is 0 Å². The van der Waals surface area contributed by atoms with Crippen molar-refractivity contribution in [1.82, 2.24) is 5.48 Å². The zero-order chi connectivity index (χ0) is 10.6. The molecule has 0 radical (unpaired) electrons. The number of benzene rings is 1. The van der Waals surface area contributed by atoms with Crippen molar-refractivity contribution in [3.05, 3.63) is 46.5 Å². The summed E-state index contributed by atoms with van der Waals surface area (Å²) in [6.07, 6.45) is 0. The zero-order valence-electron chi connectivity index (χ0n) is 7.69. The average Bonchev–Trinajstić information content (AvgIpc) is 2.18. The van der Waals surface area contributed by atoms with Gasteiger partial charge in [-0.3, -0.25) is 20.4 Å². The third-order valence-electron chi connectivity index (χ3n) is 1.63. The van der Waals surface area contributed by atoms with Gasteiger partial charge >= 0.3 is 0 Å². The molecule has 0 saturated carbocycles. The molecule has 1 aromatic rings. The molecule has 0 aromatic heterocycles. The van der Waals surface area contributed by atoms with Crippen LogP contribution in [-0.2, 0) is 4.84 Å². The quantitative estimate of drug-likeness (QED) is 0.585. The lowest BCUT2D eigenvalue weighted by atomic mass is 10.1. The normalized spacial score (nSPS) is 9.50. The van der Waals surface area contributed by atoms with E-state index in [0.29, 0.717) is 11.3 Å². The second kappa shape index (κ2) is 4.38. The molecule has 0 unspecified atom stereocenters. The number of nitrogens with one attached hydrogen (secondary N) is 1. The molecule has 0 bridgehead atoms. The SMILES string of the molecule is C=C(NOC)c1cccc([N+](=O)[O-])c1. The second-order valence-electron chi connectivity index (χ2n) is 2.59. The summed E-state index contributed by atoms with van der Waals surface area (Å²) in [7, 11) is 1.45. The van der Waals surface area contributed by atoms with Crippen LogP contribution in [0.5, 0.6) is 0 Å². The molecule has 0 aliphatic rings. The van der Waals surface area contributed by atoms with E-state index in [1.165, 1.54) is 19.2 Å². The predicted molar refractivity (Wildman–Crippen MR) is 52.3 cm³/mol. The molecule has 0 atom stereocenters. The number of nitro groups is 1. The molecule has 14 heavy (non-hydrogen) atoms. The Labute approximate surface area is 81.1 Å². The Bertz CT molecular complexity index is 363. The highest BCUT2D eigenvalue weighted by molar-refractivity contribution is 5.63. The highest BCUT2D eigenvalue weighted by atomic mass is 16.6. The van der Waals surface area contributed by atoms with Gasteiger partial charge in [-0.1, -0.05) is 18.7 Å². The summed E-state index contributed by atoms with van der Waals surface area (Å²) in [4.78, 5) is 14.6. The fourth-order valence-corrected chi connectivity index (χ4v) is 0.989. The number of hydrogen-bond donors (Lipinski definition) is 1. The van der Waals surface area contributed by atoms with E-state index in [4.69, 9.17) is 0 Å². The molecule has 0 aliphatic heterocycles. The molecule has 0 heterocycles. The van der Waals surface area contributed by atoms with E-state index in [0.717, 1.165) is 0 Å². The Morgan fingerprint density at radius 2 is 2.36 bits per heavy atom. The minimum atomic E-state index is -0.455. The molecule has 0 spiro atoms. The molecule has 0 amide bonds. The molecule has 1 aromatic carbocycles. The molecule has 0 saturated heterocycles. The summed E-state index contributed by atoms with van der Waals surface area (Å²) in [5.41, 5.74) is 3.65. The number of non-ortho nitro benzene ring substituents is 1. The smallest absolute Gasteiger partial charge is 0.270 e. The Morgan fingerprint density at radius 3 is 2.93 bits per heavy atom. The molecule has 5 heteroatoms. The van der Waals surface area contributed by atoms with Crippen molar-refractivity contribution in [3.63, 3.8) is 0 Å². The van der Waals surface area contributed by atoms with Crippen LogP contribution in [0.4, 0.5) is 5.69 Å². The van der Waals surface area contributed by atoms with Gasteiger partial charge in [-0.2, -0.15) is 0 Å². The van der Waals surface area contributed by atoms with E-state index in [1.807, 2.05) is 0 Å². The largest absolute Gasteiger partial charge is 0.279 e. The third-order valence-corrected chi connectivity index (χ3v) is 1.63. The van der Waals surface area contributed by atoms with Crippen molar-refractivity contribution in [2.24, 2.45) is 0 Å². The highest BCUT2D eigenvalue weighted by Gasteiger charge is 2.06. The Kier molecular flexibility index (Phi) is 3.19. The van der Waals surface area contributed by atoms with Crippen molar-refractivity contribution in [2.75, 3.05) is 7.11 Å². The first-order chi connectivity index (χ1) is 6.65. The summed E-state index contributed by atoms with van der Waals surface area (Å²) in [6, 6.07) is 6.15. The molecule has 5 nitrogen and oxygen atoms in total. The van der Waals surface area contributed by atoms with E-state index in [1.54, 1.807) is 12.1 Å². The summed E-state index contributed by atoms with van der Waals surface area (Å²) in [6.45, 7) is 3.66. The zero-order valence-corrected chi connectivity index (χ0v) is 7.69. The topological polar surface area (TPSA) is 64.4 Å². The van der Waals surface area contributed by atoms with Crippen molar-refractivity contribution in [2.45, 2.75) is 0 Å². The van der Waals surface area contributed by atoms with Crippen LogP contribution in [0.25, 0.3) is 5.70 Å². The fraction of sp³-hybridized carbons (Fsp3) is 0.111. The first kappa shape index (κ1) is 10.2. The maximum atomic E-state index is 10.5. The summed E-state index contributed by atoms with van der Waals surface area (Å²) >= 11 is 0. The van der Waals surface area contributed by atoms with Crippen molar-refractivity contribution in [3.8, 4) is 0 Å². The molecule has 1 N–H and O–H groups in total. The summed E-state index contributed by atoms with van der Waals surface area (Å²) < 4.78 is 0. The van der Waals surface area contributed by atoms with Gasteiger partial charge in [-0.05, 0) is 0 Å². The van der Waals surface area contributed by atoms with Gasteiger partial charge in [0.2, 0.25) is 0 Å². The highest BCUT2D eigenvalue weighted by Crippen LogP contribution is 2.17. The Morgan fingerprint density at radius 1 is 1.64 bits per heavy atom. The van der Waals surface area contributed by atoms with Gasteiger partial charge < -0.3 is 0 Å². The van der Waals surface area contributed by atoms with Gasteiger partial charge in [0.15, 0.2) is 0 Å². The first-order valence-corrected chi connectivity index (χ1v) is 3.88. The second-order valence-corrected chi connectivity index (χ2v) is 2.59. The lowest BCUT2D eigenvalue weighted by Gasteiger charge is -2.05. The van der Waals surface area contributed by atoms with E-state index in [2.05, 4.69) is 16.9 Å². The molecule has 0 fully saturated rings. The maximum absolute atomic E-state index is 10.5. The van der Waals surface area contributed by atoms with Crippen molar-refractivity contribution in [1.29, 1.82) is 0 Å². The lowest BCUT2D eigenvalue weighted by Crippen LogP contribution is -2.08. The lowest BCUT2D eigenvalue weighted by molar-refractivity contribution is -0.384.